The van der Waals surface area contributed by atoms with Crippen molar-refractivity contribution in [1.82, 2.24) is 4.31 Å². The molecule has 0 aromatic heterocycles. The van der Waals surface area contributed by atoms with E-state index in [0.717, 1.165) is 5.69 Å². The standard InChI is InChI=1S/C18H19ClN2O3S/c1-14(22)15-6-8-16(9-7-15)20-10-12-21(13-11-20)25(23,24)18-5-3-2-4-17(18)19/h2-9H,10-13H2,1H3. The Labute approximate surface area is 152 Å². The number of piperazine rings is 1. The van der Waals surface area contributed by atoms with Crippen molar-refractivity contribution in [3.63, 3.8) is 0 Å². The zero-order valence-corrected chi connectivity index (χ0v) is 15.4. The van der Waals surface area contributed by atoms with Crippen LogP contribution < -0.4 is 4.90 Å². The van der Waals surface area contributed by atoms with Crippen LogP contribution in [0, 0.1) is 0 Å². The molecule has 2 aromatic rings. The molecule has 0 amide bonds. The normalized spacial score (nSPS) is 16.0. The number of carbonyl (C=O) groups excluding carboxylic acids is 1. The van der Waals surface area contributed by atoms with Crippen molar-refractivity contribution in [2.24, 2.45) is 0 Å². The number of hydrogen-bond donors (Lipinski definition) is 0. The summed E-state index contributed by atoms with van der Waals surface area (Å²) in [4.78, 5) is 13.6. The Morgan fingerprint density at radius 3 is 2.12 bits per heavy atom. The average molecular weight is 379 g/mol. The molecule has 1 aliphatic rings. The first kappa shape index (κ1) is 17.9. The number of sulfonamides is 1. The van der Waals surface area contributed by atoms with Crippen LogP contribution in [0.1, 0.15) is 17.3 Å². The van der Waals surface area contributed by atoms with Crippen LogP contribution in [-0.4, -0.2) is 44.7 Å². The number of anilines is 1. The van der Waals surface area contributed by atoms with E-state index in [2.05, 4.69) is 4.90 Å². The van der Waals surface area contributed by atoms with Gasteiger partial charge in [-0.25, -0.2) is 8.42 Å². The highest BCUT2D eigenvalue weighted by Crippen LogP contribution is 2.26. The Morgan fingerprint density at radius 1 is 0.960 bits per heavy atom. The number of rotatable bonds is 4. The van der Waals surface area contributed by atoms with Crippen LogP contribution in [0.25, 0.3) is 0 Å². The van der Waals surface area contributed by atoms with Gasteiger partial charge in [-0.1, -0.05) is 23.7 Å². The van der Waals surface area contributed by atoms with Crippen LogP contribution in [-0.2, 0) is 10.0 Å². The van der Waals surface area contributed by atoms with Crippen LogP contribution in [0.2, 0.25) is 5.02 Å². The van der Waals surface area contributed by atoms with Crippen molar-refractivity contribution in [3.05, 3.63) is 59.1 Å². The molecular formula is C18H19ClN2O3S. The van der Waals surface area contributed by atoms with E-state index in [9.17, 15) is 13.2 Å². The number of Topliss-reactive ketones (excluding diaryl/α,β-unsaturated/α-hetero) is 1. The van der Waals surface area contributed by atoms with E-state index in [1.165, 1.54) is 17.3 Å². The highest BCUT2D eigenvalue weighted by molar-refractivity contribution is 7.89. The summed E-state index contributed by atoms with van der Waals surface area (Å²) in [5.74, 6) is 0.0298. The van der Waals surface area contributed by atoms with E-state index in [1.807, 2.05) is 12.1 Å². The molecule has 0 N–H and O–H groups in total. The van der Waals surface area contributed by atoms with Gasteiger partial charge in [-0.2, -0.15) is 4.31 Å². The van der Waals surface area contributed by atoms with Crippen molar-refractivity contribution < 1.29 is 13.2 Å². The molecule has 0 aliphatic carbocycles. The second-order valence-electron chi connectivity index (χ2n) is 5.92. The third-order valence-electron chi connectivity index (χ3n) is 4.33. The predicted molar refractivity (Wildman–Crippen MR) is 98.9 cm³/mol. The Morgan fingerprint density at radius 2 is 1.56 bits per heavy atom. The van der Waals surface area contributed by atoms with E-state index in [0.29, 0.717) is 31.7 Å². The van der Waals surface area contributed by atoms with Crippen molar-refractivity contribution in [1.29, 1.82) is 0 Å². The fourth-order valence-electron chi connectivity index (χ4n) is 2.89. The first-order valence-corrected chi connectivity index (χ1v) is 9.82. The third-order valence-corrected chi connectivity index (χ3v) is 6.73. The van der Waals surface area contributed by atoms with E-state index in [1.54, 1.807) is 30.3 Å². The topological polar surface area (TPSA) is 57.7 Å². The summed E-state index contributed by atoms with van der Waals surface area (Å²) in [6.07, 6.45) is 0. The van der Waals surface area contributed by atoms with Gasteiger partial charge in [-0.3, -0.25) is 4.79 Å². The van der Waals surface area contributed by atoms with Gasteiger partial charge in [0.1, 0.15) is 4.90 Å². The summed E-state index contributed by atoms with van der Waals surface area (Å²) in [7, 11) is -3.59. The van der Waals surface area contributed by atoms with E-state index in [4.69, 9.17) is 11.6 Å². The largest absolute Gasteiger partial charge is 0.369 e. The van der Waals surface area contributed by atoms with Crippen molar-refractivity contribution >= 4 is 33.1 Å². The number of hydrogen-bond acceptors (Lipinski definition) is 4. The minimum absolute atomic E-state index is 0.0298. The van der Waals surface area contributed by atoms with Crippen LogP contribution in [0.4, 0.5) is 5.69 Å². The number of carbonyl (C=O) groups is 1. The molecule has 0 saturated carbocycles. The van der Waals surface area contributed by atoms with Gasteiger partial charge in [0.25, 0.3) is 0 Å². The second kappa shape index (κ2) is 7.15. The molecule has 1 heterocycles. The number of benzene rings is 2. The first-order chi connectivity index (χ1) is 11.9. The van der Waals surface area contributed by atoms with E-state index < -0.39 is 10.0 Å². The third kappa shape index (κ3) is 3.71. The van der Waals surface area contributed by atoms with Crippen molar-refractivity contribution in [2.45, 2.75) is 11.8 Å². The van der Waals surface area contributed by atoms with Crippen molar-refractivity contribution in [2.75, 3.05) is 31.1 Å². The van der Waals surface area contributed by atoms with Gasteiger partial charge in [-0.05, 0) is 43.3 Å². The average Bonchev–Trinajstić information content (AvgIpc) is 2.62. The summed E-state index contributed by atoms with van der Waals surface area (Å²) in [6, 6.07) is 13.9. The zero-order chi connectivity index (χ0) is 18.0. The maximum Gasteiger partial charge on any atom is 0.244 e. The maximum atomic E-state index is 12.8. The van der Waals surface area contributed by atoms with Gasteiger partial charge in [0.15, 0.2) is 5.78 Å². The summed E-state index contributed by atoms with van der Waals surface area (Å²) in [6.45, 7) is 3.49. The Kier molecular flexibility index (Phi) is 5.13. The Hall–Kier alpha value is -1.89. The van der Waals surface area contributed by atoms with Gasteiger partial charge >= 0.3 is 0 Å². The molecule has 5 nitrogen and oxygen atoms in total. The molecule has 0 unspecified atom stereocenters. The first-order valence-electron chi connectivity index (χ1n) is 8.00. The van der Waals surface area contributed by atoms with Gasteiger partial charge in [0, 0.05) is 37.4 Å². The van der Waals surface area contributed by atoms with Crippen LogP contribution in [0.3, 0.4) is 0 Å². The van der Waals surface area contributed by atoms with Crippen LogP contribution in [0.15, 0.2) is 53.4 Å². The molecule has 0 atom stereocenters. The summed E-state index contributed by atoms with van der Waals surface area (Å²) < 4.78 is 27.0. The van der Waals surface area contributed by atoms with Crippen LogP contribution in [0.5, 0.6) is 0 Å². The molecule has 7 heteroatoms. The second-order valence-corrected chi connectivity index (χ2v) is 8.24. The van der Waals surface area contributed by atoms with Gasteiger partial charge in [-0.15, -0.1) is 0 Å². The molecular weight excluding hydrogens is 360 g/mol. The molecule has 1 aliphatic heterocycles. The van der Waals surface area contributed by atoms with E-state index in [-0.39, 0.29) is 15.7 Å². The Bertz CT molecular complexity index is 873. The Balaban J connectivity index is 1.71. The molecule has 132 valence electrons. The molecule has 2 aromatic carbocycles. The molecule has 25 heavy (non-hydrogen) atoms. The number of halogens is 1. The van der Waals surface area contributed by atoms with Gasteiger partial charge in [0.2, 0.25) is 10.0 Å². The lowest BCUT2D eigenvalue weighted by Gasteiger charge is -2.35. The van der Waals surface area contributed by atoms with Crippen LogP contribution >= 0.6 is 11.6 Å². The lowest BCUT2D eigenvalue weighted by molar-refractivity contribution is 0.101. The lowest BCUT2D eigenvalue weighted by atomic mass is 10.1. The molecule has 1 saturated heterocycles. The lowest BCUT2D eigenvalue weighted by Crippen LogP contribution is -2.48. The molecule has 0 spiro atoms. The predicted octanol–water partition coefficient (Wildman–Crippen LogP) is 3.05. The fourth-order valence-corrected chi connectivity index (χ4v) is 4.80. The van der Waals surface area contributed by atoms with Gasteiger partial charge < -0.3 is 4.90 Å². The monoisotopic (exact) mass is 378 g/mol. The molecule has 0 bridgehead atoms. The highest BCUT2D eigenvalue weighted by Gasteiger charge is 2.29. The minimum Gasteiger partial charge on any atom is -0.369 e. The summed E-state index contributed by atoms with van der Waals surface area (Å²) in [5.41, 5.74) is 1.66. The quantitative estimate of drug-likeness (QED) is 0.767. The maximum absolute atomic E-state index is 12.8. The fraction of sp³-hybridized carbons (Fsp3) is 0.278. The zero-order valence-electron chi connectivity index (χ0n) is 13.9. The summed E-state index contributed by atoms with van der Waals surface area (Å²) >= 11 is 6.05. The highest BCUT2D eigenvalue weighted by atomic mass is 35.5. The molecule has 0 radical (unpaired) electrons. The van der Waals surface area contributed by atoms with E-state index >= 15 is 0 Å². The minimum atomic E-state index is -3.59. The SMILES string of the molecule is CC(=O)c1ccc(N2CCN(S(=O)(=O)c3ccccc3Cl)CC2)cc1. The number of nitrogens with zero attached hydrogens (tertiary/aromatic N) is 2. The smallest absolute Gasteiger partial charge is 0.244 e. The summed E-state index contributed by atoms with van der Waals surface area (Å²) in [5, 5.41) is 0.241. The number of ketones is 1. The van der Waals surface area contributed by atoms with Crippen molar-refractivity contribution in [3.8, 4) is 0 Å². The van der Waals surface area contributed by atoms with Gasteiger partial charge in [0.05, 0.1) is 5.02 Å². The molecule has 3 rings (SSSR count). The molecule has 1 fully saturated rings.